The largest absolute Gasteiger partial charge is 0.381 e. The third kappa shape index (κ3) is 7.76. The van der Waals surface area contributed by atoms with Gasteiger partial charge in [-0.05, 0) is 39.7 Å². The van der Waals surface area contributed by atoms with Gasteiger partial charge in [-0.2, -0.15) is 5.26 Å². The molecule has 13 heavy (non-hydrogen) atoms. The van der Waals surface area contributed by atoms with Crippen LogP contribution in [0.3, 0.4) is 0 Å². The Kier molecular flexibility index (Phi) is 6.56. The molecule has 0 unspecified atom stereocenters. The maximum Gasteiger partial charge on any atom is 0.0683 e. The predicted octanol–water partition coefficient (Wildman–Crippen LogP) is 1.68. The zero-order chi connectivity index (χ0) is 10.2. The van der Waals surface area contributed by atoms with Gasteiger partial charge in [0.2, 0.25) is 0 Å². The summed E-state index contributed by atoms with van der Waals surface area (Å²) in [7, 11) is 0. The molecule has 0 aromatic rings. The van der Waals surface area contributed by atoms with Crippen molar-refractivity contribution in [2.24, 2.45) is 11.1 Å². The van der Waals surface area contributed by atoms with Gasteiger partial charge in [0.25, 0.3) is 0 Å². The van der Waals surface area contributed by atoms with Crippen LogP contribution in [0.1, 0.15) is 33.1 Å². The van der Waals surface area contributed by atoms with E-state index in [0.717, 1.165) is 32.5 Å². The first-order valence-electron chi connectivity index (χ1n) is 4.81. The lowest BCUT2D eigenvalue weighted by atomic mass is 9.90. The molecule has 0 rings (SSSR count). The van der Waals surface area contributed by atoms with Crippen molar-refractivity contribution in [2.45, 2.75) is 33.1 Å². The van der Waals surface area contributed by atoms with Crippen molar-refractivity contribution in [3.63, 3.8) is 0 Å². The Morgan fingerprint density at radius 2 is 1.92 bits per heavy atom. The summed E-state index contributed by atoms with van der Waals surface area (Å²) >= 11 is 0. The Hall–Kier alpha value is -0.590. The normalized spacial score (nSPS) is 11.2. The fourth-order valence-corrected chi connectivity index (χ4v) is 0.960. The molecule has 0 radical (unpaired) electrons. The molecule has 0 fully saturated rings. The van der Waals surface area contributed by atoms with E-state index in [1.807, 2.05) is 13.8 Å². The zero-order valence-corrected chi connectivity index (χ0v) is 8.68. The molecule has 3 heteroatoms. The predicted molar refractivity (Wildman–Crippen MR) is 53.1 cm³/mol. The van der Waals surface area contributed by atoms with E-state index < -0.39 is 0 Å². The second-order valence-corrected chi connectivity index (χ2v) is 3.85. The van der Waals surface area contributed by atoms with Crippen molar-refractivity contribution in [1.29, 1.82) is 5.26 Å². The van der Waals surface area contributed by atoms with Crippen LogP contribution in [0.2, 0.25) is 0 Å². The Bertz CT molecular complexity index is 161. The Morgan fingerprint density at radius 1 is 1.31 bits per heavy atom. The number of ether oxygens (including phenoxy) is 1. The Labute approximate surface area is 80.9 Å². The summed E-state index contributed by atoms with van der Waals surface area (Å²) in [6.45, 7) is 6.07. The highest BCUT2D eigenvalue weighted by Gasteiger charge is 2.15. The van der Waals surface area contributed by atoms with Crippen LogP contribution in [0.4, 0.5) is 0 Å². The van der Waals surface area contributed by atoms with Gasteiger partial charge >= 0.3 is 0 Å². The third-order valence-electron chi connectivity index (χ3n) is 1.89. The van der Waals surface area contributed by atoms with Crippen LogP contribution >= 0.6 is 0 Å². The minimum Gasteiger partial charge on any atom is -0.381 e. The lowest BCUT2D eigenvalue weighted by Crippen LogP contribution is -2.10. The van der Waals surface area contributed by atoms with Crippen molar-refractivity contribution in [2.75, 3.05) is 19.8 Å². The van der Waals surface area contributed by atoms with Gasteiger partial charge in [-0.15, -0.1) is 0 Å². The molecular weight excluding hydrogens is 164 g/mol. The maximum atomic E-state index is 8.73. The van der Waals surface area contributed by atoms with Gasteiger partial charge in [0, 0.05) is 13.2 Å². The lowest BCUT2D eigenvalue weighted by molar-refractivity contribution is 0.124. The second kappa shape index (κ2) is 6.88. The first kappa shape index (κ1) is 12.4. The van der Waals surface area contributed by atoms with Gasteiger partial charge in [0.15, 0.2) is 0 Å². The van der Waals surface area contributed by atoms with E-state index in [1.54, 1.807) is 0 Å². The van der Waals surface area contributed by atoms with Crippen LogP contribution in [0.15, 0.2) is 0 Å². The lowest BCUT2D eigenvalue weighted by Gasteiger charge is -2.14. The summed E-state index contributed by atoms with van der Waals surface area (Å²) in [5.41, 5.74) is 5.10. The minimum atomic E-state index is -0.211. The molecule has 76 valence electrons. The maximum absolute atomic E-state index is 8.73. The zero-order valence-electron chi connectivity index (χ0n) is 8.68. The fourth-order valence-electron chi connectivity index (χ4n) is 0.960. The number of hydrogen-bond acceptors (Lipinski definition) is 3. The van der Waals surface area contributed by atoms with E-state index in [1.165, 1.54) is 0 Å². The molecule has 0 aliphatic heterocycles. The van der Waals surface area contributed by atoms with Gasteiger partial charge in [-0.25, -0.2) is 0 Å². The molecule has 0 aromatic heterocycles. The quantitative estimate of drug-likeness (QED) is 0.612. The highest BCUT2D eigenvalue weighted by molar-refractivity contribution is 4.91. The number of nitrogens with zero attached hydrogens (tertiary/aromatic N) is 1. The summed E-state index contributed by atoms with van der Waals surface area (Å²) in [4.78, 5) is 0. The van der Waals surface area contributed by atoms with E-state index in [4.69, 9.17) is 15.7 Å². The second-order valence-electron chi connectivity index (χ2n) is 3.85. The van der Waals surface area contributed by atoms with E-state index in [9.17, 15) is 0 Å². The number of nitrogens with two attached hydrogens (primary N) is 1. The summed E-state index contributed by atoms with van der Waals surface area (Å²) in [5, 5.41) is 8.73. The van der Waals surface area contributed by atoms with Gasteiger partial charge in [0.05, 0.1) is 11.5 Å². The van der Waals surface area contributed by atoms with Gasteiger partial charge in [-0.1, -0.05) is 0 Å². The smallest absolute Gasteiger partial charge is 0.0683 e. The molecule has 0 bridgehead atoms. The molecular formula is C10H20N2O. The van der Waals surface area contributed by atoms with E-state index in [0.29, 0.717) is 6.54 Å². The van der Waals surface area contributed by atoms with Crippen molar-refractivity contribution in [3.05, 3.63) is 0 Å². The highest BCUT2D eigenvalue weighted by Crippen LogP contribution is 2.20. The van der Waals surface area contributed by atoms with Crippen LogP contribution in [-0.4, -0.2) is 19.8 Å². The number of nitriles is 1. The Morgan fingerprint density at radius 3 is 2.46 bits per heavy atom. The number of rotatable bonds is 7. The average Bonchev–Trinajstić information content (AvgIpc) is 2.11. The summed E-state index contributed by atoms with van der Waals surface area (Å²) in [6, 6.07) is 2.27. The van der Waals surface area contributed by atoms with Gasteiger partial charge < -0.3 is 10.5 Å². The monoisotopic (exact) mass is 184 g/mol. The molecule has 0 aliphatic carbocycles. The van der Waals surface area contributed by atoms with Crippen LogP contribution in [0.25, 0.3) is 0 Å². The Balaban J connectivity index is 3.22. The molecule has 0 saturated heterocycles. The van der Waals surface area contributed by atoms with Crippen molar-refractivity contribution >= 4 is 0 Å². The standard InChI is InChI=1S/C10H20N2O/c1-10(2,9-12)5-3-7-13-8-4-6-11/h3-8,11H2,1-2H3. The SMILES string of the molecule is CC(C)(C#N)CCCOCCCN. The fraction of sp³-hybridized carbons (Fsp3) is 0.900. The van der Waals surface area contributed by atoms with Crippen molar-refractivity contribution in [3.8, 4) is 6.07 Å². The summed E-state index contributed by atoms with van der Waals surface area (Å²) in [6.07, 6.45) is 2.76. The molecule has 0 atom stereocenters. The van der Waals surface area contributed by atoms with Crippen molar-refractivity contribution < 1.29 is 4.74 Å². The minimum absolute atomic E-state index is 0.211. The molecule has 0 saturated carbocycles. The van der Waals surface area contributed by atoms with Crippen LogP contribution in [0.5, 0.6) is 0 Å². The molecule has 0 spiro atoms. The van der Waals surface area contributed by atoms with Crippen LogP contribution in [0, 0.1) is 16.7 Å². The molecule has 2 N–H and O–H groups in total. The van der Waals surface area contributed by atoms with Crippen LogP contribution < -0.4 is 5.73 Å². The first-order valence-corrected chi connectivity index (χ1v) is 4.81. The molecule has 0 heterocycles. The van der Waals surface area contributed by atoms with E-state index in [2.05, 4.69) is 6.07 Å². The molecule has 0 aromatic carbocycles. The third-order valence-corrected chi connectivity index (χ3v) is 1.89. The number of hydrogen-bond donors (Lipinski definition) is 1. The van der Waals surface area contributed by atoms with Gasteiger partial charge in [0.1, 0.15) is 0 Å². The molecule has 0 aliphatic rings. The van der Waals surface area contributed by atoms with Crippen molar-refractivity contribution in [1.82, 2.24) is 0 Å². The average molecular weight is 184 g/mol. The van der Waals surface area contributed by atoms with Crippen LogP contribution in [-0.2, 0) is 4.74 Å². The highest BCUT2D eigenvalue weighted by atomic mass is 16.5. The van der Waals surface area contributed by atoms with E-state index in [-0.39, 0.29) is 5.41 Å². The molecule has 0 amide bonds. The topological polar surface area (TPSA) is 59.0 Å². The van der Waals surface area contributed by atoms with E-state index >= 15 is 0 Å². The first-order chi connectivity index (χ1) is 6.12. The molecule has 3 nitrogen and oxygen atoms in total. The summed E-state index contributed by atoms with van der Waals surface area (Å²) in [5.74, 6) is 0. The van der Waals surface area contributed by atoms with Gasteiger partial charge in [-0.3, -0.25) is 0 Å². The summed E-state index contributed by atoms with van der Waals surface area (Å²) < 4.78 is 5.32.